The normalized spacial score (nSPS) is 22.2. The van der Waals surface area contributed by atoms with Gasteiger partial charge in [-0.1, -0.05) is 29.8 Å². The van der Waals surface area contributed by atoms with Gasteiger partial charge in [0.2, 0.25) is 11.8 Å². The third-order valence-electron chi connectivity index (χ3n) is 6.03. The number of benzene rings is 1. The summed E-state index contributed by atoms with van der Waals surface area (Å²) in [4.78, 5) is 26.2. The summed E-state index contributed by atoms with van der Waals surface area (Å²) in [5.41, 5.74) is 2.60. The summed E-state index contributed by atoms with van der Waals surface area (Å²) >= 11 is 0. The Labute approximate surface area is 169 Å². The van der Waals surface area contributed by atoms with Gasteiger partial charge in [-0.05, 0) is 56.9 Å². The Balaban J connectivity index is 1.40. The summed E-state index contributed by atoms with van der Waals surface area (Å²) < 4.78 is 0. The first-order valence-corrected chi connectivity index (χ1v) is 10.8. The van der Waals surface area contributed by atoms with Crippen LogP contribution in [0.3, 0.4) is 0 Å². The average Bonchev–Trinajstić information content (AvgIpc) is 3.41. The van der Waals surface area contributed by atoms with E-state index in [1.807, 2.05) is 0 Å². The van der Waals surface area contributed by atoms with E-state index in [2.05, 4.69) is 46.7 Å². The maximum Gasteiger partial charge on any atom is 0.221 e. The second-order valence-electron chi connectivity index (χ2n) is 8.61. The van der Waals surface area contributed by atoms with Crippen molar-refractivity contribution in [1.29, 1.82) is 0 Å². The molecule has 2 aliphatic rings. The van der Waals surface area contributed by atoms with Gasteiger partial charge in [0.25, 0.3) is 0 Å². The molecule has 5 nitrogen and oxygen atoms in total. The Morgan fingerprint density at radius 1 is 1.04 bits per heavy atom. The molecule has 154 valence electrons. The van der Waals surface area contributed by atoms with Crippen molar-refractivity contribution in [2.45, 2.75) is 70.9 Å². The van der Waals surface area contributed by atoms with E-state index >= 15 is 0 Å². The molecule has 0 radical (unpaired) electrons. The summed E-state index contributed by atoms with van der Waals surface area (Å²) in [6.07, 6.45) is 7.27. The van der Waals surface area contributed by atoms with Crippen LogP contribution < -0.4 is 10.6 Å². The van der Waals surface area contributed by atoms with Crippen LogP contribution in [0.4, 0.5) is 0 Å². The predicted molar refractivity (Wildman–Crippen MR) is 112 cm³/mol. The molecule has 1 aromatic carbocycles. The minimum Gasteiger partial charge on any atom is -0.356 e. The van der Waals surface area contributed by atoms with Crippen LogP contribution in [0.5, 0.6) is 0 Å². The highest BCUT2D eigenvalue weighted by molar-refractivity contribution is 5.76. The van der Waals surface area contributed by atoms with Crippen molar-refractivity contribution >= 4 is 11.8 Å². The van der Waals surface area contributed by atoms with E-state index in [0.717, 1.165) is 44.7 Å². The fourth-order valence-electron chi connectivity index (χ4n) is 4.17. The van der Waals surface area contributed by atoms with E-state index in [-0.39, 0.29) is 11.8 Å². The third-order valence-corrected chi connectivity index (χ3v) is 6.03. The summed E-state index contributed by atoms with van der Waals surface area (Å²) in [6, 6.07) is 9.31. The van der Waals surface area contributed by atoms with E-state index in [4.69, 9.17) is 0 Å². The molecule has 1 saturated carbocycles. The number of aryl methyl sites for hydroxylation is 2. The minimum absolute atomic E-state index is 0.0288. The first kappa shape index (κ1) is 20.8. The molecule has 1 aliphatic carbocycles. The minimum atomic E-state index is 0.0288. The number of carbonyl (C=O) groups is 2. The molecule has 2 fully saturated rings. The lowest BCUT2D eigenvalue weighted by atomic mass is 10.1. The first-order chi connectivity index (χ1) is 13.5. The molecule has 2 amide bonds. The van der Waals surface area contributed by atoms with Crippen LogP contribution >= 0.6 is 0 Å². The van der Waals surface area contributed by atoms with E-state index in [0.29, 0.717) is 25.0 Å². The molecule has 0 bridgehead atoms. The average molecular weight is 386 g/mol. The lowest BCUT2D eigenvalue weighted by Gasteiger charge is -2.30. The molecule has 2 atom stereocenters. The molecular formula is C23H35N3O2. The molecule has 5 heteroatoms. The van der Waals surface area contributed by atoms with E-state index < -0.39 is 0 Å². The van der Waals surface area contributed by atoms with Gasteiger partial charge in [-0.25, -0.2) is 0 Å². The number of nitrogens with one attached hydrogen (secondary N) is 2. The Hall–Kier alpha value is -1.88. The van der Waals surface area contributed by atoms with Crippen LogP contribution in [-0.2, 0) is 16.0 Å². The summed E-state index contributed by atoms with van der Waals surface area (Å²) in [5.74, 6) is 0.981. The van der Waals surface area contributed by atoms with Crippen molar-refractivity contribution in [2.24, 2.45) is 5.92 Å². The summed E-state index contributed by atoms with van der Waals surface area (Å²) in [5, 5.41) is 6.08. The van der Waals surface area contributed by atoms with Crippen LogP contribution in [0.1, 0.15) is 56.6 Å². The van der Waals surface area contributed by atoms with Gasteiger partial charge in [0.15, 0.2) is 0 Å². The van der Waals surface area contributed by atoms with Gasteiger partial charge in [0, 0.05) is 45.1 Å². The molecular weight excluding hydrogens is 350 g/mol. The molecule has 0 unspecified atom stereocenters. The molecule has 0 aromatic heterocycles. The molecule has 3 rings (SSSR count). The van der Waals surface area contributed by atoms with Crippen LogP contribution in [0.25, 0.3) is 0 Å². The SMILES string of the molecule is CC(=O)NC[C@H]1CC[C@@H](CC(=O)NCCCc2ccc(C)cc2)N1CC1CC1. The molecule has 1 aromatic rings. The third kappa shape index (κ3) is 6.62. The van der Waals surface area contributed by atoms with Crippen LogP contribution in [0, 0.1) is 12.8 Å². The van der Waals surface area contributed by atoms with E-state index in [9.17, 15) is 9.59 Å². The molecule has 2 N–H and O–H groups in total. The molecule has 0 spiro atoms. The van der Waals surface area contributed by atoms with Gasteiger partial charge >= 0.3 is 0 Å². The number of nitrogens with zero attached hydrogens (tertiary/aromatic N) is 1. The number of amides is 2. The van der Waals surface area contributed by atoms with Crippen molar-refractivity contribution in [3.05, 3.63) is 35.4 Å². The zero-order valence-electron chi connectivity index (χ0n) is 17.4. The van der Waals surface area contributed by atoms with Crippen LogP contribution in [0.15, 0.2) is 24.3 Å². The van der Waals surface area contributed by atoms with Gasteiger partial charge in [-0.15, -0.1) is 0 Å². The van der Waals surface area contributed by atoms with Crippen LogP contribution in [-0.4, -0.2) is 48.4 Å². The lowest BCUT2D eigenvalue weighted by molar-refractivity contribution is -0.122. The van der Waals surface area contributed by atoms with Crippen molar-refractivity contribution in [3.8, 4) is 0 Å². The molecule has 1 heterocycles. The van der Waals surface area contributed by atoms with Gasteiger partial charge in [0.1, 0.15) is 0 Å². The number of carbonyl (C=O) groups excluding carboxylic acids is 2. The van der Waals surface area contributed by atoms with Gasteiger partial charge in [-0.2, -0.15) is 0 Å². The maximum atomic E-state index is 12.5. The van der Waals surface area contributed by atoms with Crippen molar-refractivity contribution in [3.63, 3.8) is 0 Å². The van der Waals surface area contributed by atoms with Gasteiger partial charge < -0.3 is 10.6 Å². The standard InChI is InChI=1S/C23H35N3O2/c1-17-5-7-19(8-6-17)4-3-13-24-23(28)14-21-11-12-22(15-25-18(2)27)26(21)16-20-9-10-20/h5-8,20-22H,3-4,9-16H2,1-2H3,(H,24,28)(H,25,27)/t21-,22+/m0/s1. The van der Waals surface area contributed by atoms with Crippen molar-refractivity contribution in [1.82, 2.24) is 15.5 Å². The zero-order valence-corrected chi connectivity index (χ0v) is 17.4. The summed E-state index contributed by atoms with van der Waals surface area (Å²) in [6.45, 7) is 6.19. The summed E-state index contributed by atoms with van der Waals surface area (Å²) in [7, 11) is 0. The highest BCUT2D eigenvalue weighted by Gasteiger charge is 2.37. The Bertz CT molecular complexity index is 654. The molecule has 1 saturated heterocycles. The van der Waals surface area contributed by atoms with Crippen molar-refractivity contribution < 1.29 is 9.59 Å². The largest absolute Gasteiger partial charge is 0.356 e. The van der Waals surface area contributed by atoms with Gasteiger partial charge in [-0.3, -0.25) is 14.5 Å². The lowest BCUT2D eigenvalue weighted by Crippen LogP contribution is -2.45. The van der Waals surface area contributed by atoms with Crippen LogP contribution in [0.2, 0.25) is 0 Å². The fraction of sp³-hybridized carbons (Fsp3) is 0.652. The quantitative estimate of drug-likeness (QED) is 0.609. The van der Waals surface area contributed by atoms with Gasteiger partial charge in [0.05, 0.1) is 0 Å². The number of rotatable bonds is 10. The second kappa shape index (κ2) is 10.1. The van der Waals surface area contributed by atoms with Crippen molar-refractivity contribution in [2.75, 3.05) is 19.6 Å². The fourth-order valence-corrected chi connectivity index (χ4v) is 4.17. The Morgan fingerprint density at radius 2 is 1.75 bits per heavy atom. The Morgan fingerprint density at radius 3 is 2.43 bits per heavy atom. The smallest absolute Gasteiger partial charge is 0.221 e. The first-order valence-electron chi connectivity index (χ1n) is 10.8. The maximum absolute atomic E-state index is 12.5. The number of hydrogen-bond donors (Lipinski definition) is 2. The highest BCUT2D eigenvalue weighted by atomic mass is 16.2. The predicted octanol–water partition coefficient (Wildman–Crippen LogP) is 2.81. The molecule has 1 aliphatic heterocycles. The van der Waals surface area contributed by atoms with E-state index in [1.54, 1.807) is 6.92 Å². The van der Waals surface area contributed by atoms with E-state index in [1.165, 1.54) is 24.0 Å². The monoisotopic (exact) mass is 385 g/mol. The zero-order chi connectivity index (χ0) is 19.9. The Kier molecular flexibility index (Phi) is 7.49. The number of hydrogen-bond acceptors (Lipinski definition) is 3. The highest BCUT2D eigenvalue weighted by Crippen LogP contribution is 2.35. The molecule has 28 heavy (non-hydrogen) atoms. The second-order valence-corrected chi connectivity index (χ2v) is 8.61. The topological polar surface area (TPSA) is 61.4 Å². The number of likely N-dealkylation sites (tertiary alicyclic amines) is 1.